The molecule has 29 heavy (non-hydrogen) atoms. The van der Waals surface area contributed by atoms with Crippen molar-refractivity contribution in [3.63, 3.8) is 0 Å². The third kappa shape index (κ3) is 3.68. The third-order valence-corrected chi connectivity index (χ3v) is 5.26. The summed E-state index contributed by atoms with van der Waals surface area (Å²) < 4.78 is 18.6. The summed E-state index contributed by atoms with van der Waals surface area (Å²) in [5.74, 6) is -1.21. The molecule has 0 saturated carbocycles. The number of rotatable bonds is 5. The average molecular weight is 395 g/mol. The first-order valence-electron chi connectivity index (χ1n) is 9.59. The molecule has 150 valence electrons. The van der Waals surface area contributed by atoms with Crippen LogP contribution >= 0.6 is 0 Å². The molecule has 0 amide bonds. The van der Waals surface area contributed by atoms with E-state index in [1.54, 1.807) is 0 Å². The van der Waals surface area contributed by atoms with Crippen molar-refractivity contribution >= 4 is 28.2 Å². The van der Waals surface area contributed by atoms with Gasteiger partial charge in [-0.25, -0.2) is 9.18 Å². The summed E-state index contributed by atoms with van der Waals surface area (Å²) in [7, 11) is 1.21. The number of H-pyrrole nitrogens is 1. The van der Waals surface area contributed by atoms with E-state index in [4.69, 9.17) is 4.74 Å². The minimum absolute atomic E-state index is 0.148. The summed E-state index contributed by atoms with van der Waals surface area (Å²) in [5.41, 5.74) is 2.55. The number of hydrogen-bond donors (Lipinski definition) is 2. The molecule has 0 aliphatic carbocycles. The van der Waals surface area contributed by atoms with Crippen molar-refractivity contribution < 1.29 is 13.9 Å². The predicted octanol–water partition coefficient (Wildman–Crippen LogP) is 3.32. The second kappa shape index (κ2) is 7.95. The largest absolute Gasteiger partial charge is 0.465 e. The van der Waals surface area contributed by atoms with Gasteiger partial charge in [0.1, 0.15) is 11.4 Å². The van der Waals surface area contributed by atoms with Gasteiger partial charge >= 0.3 is 5.97 Å². The Morgan fingerprint density at radius 2 is 2.10 bits per heavy atom. The van der Waals surface area contributed by atoms with Gasteiger partial charge in [-0.15, -0.1) is 0 Å². The van der Waals surface area contributed by atoms with Crippen LogP contribution in [-0.2, 0) is 11.2 Å². The Bertz CT molecular complexity index is 1130. The molecule has 0 atom stereocenters. The number of carbonyl (C=O) groups is 1. The van der Waals surface area contributed by atoms with Gasteiger partial charge in [0, 0.05) is 30.7 Å². The van der Waals surface area contributed by atoms with E-state index in [9.17, 15) is 14.0 Å². The van der Waals surface area contributed by atoms with Crippen LogP contribution in [0.25, 0.3) is 10.9 Å². The zero-order chi connectivity index (χ0) is 20.4. The lowest BCUT2D eigenvalue weighted by Gasteiger charge is -2.31. The van der Waals surface area contributed by atoms with E-state index < -0.39 is 17.3 Å². The number of ether oxygens (including phenoxy) is 1. The van der Waals surface area contributed by atoms with E-state index >= 15 is 0 Å². The Kier molecular flexibility index (Phi) is 5.20. The van der Waals surface area contributed by atoms with Crippen LogP contribution in [0.15, 0.2) is 47.3 Å². The number of nitrogens with one attached hydrogen (secondary N) is 2. The van der Waals surface area contributed by atoms with Crippen molar-refractivity contribution in [1.82, 2.24) is 4.98 Å². The van der Waals surface area contributed by atoms with E-state index in [1.807, 2.05) is 12.1 Å². The summed E-state index contributed by atoms with van der Waals surface area (Å²) in [5, 5.41) is 3.62. The minimum atomic E-state index is -0.761. The molecule has 1 aromatic heterocycles. The number of aromatic nitrogens is 1. The van der Waals surface area contributed by atoms with Crippen LogP contribution in [0.2, 0.25) is 0 Å². The minimum Gasteiger partial charge on any atom is -0.465 e. The Morgan fingerprint density at radius 1 is 1.28 bits per heavy atom. The number of anilines is 2. The summed E-state index contributed by atoms with van der Waals surface area (Å²) in [6.07, 6.45) is 2.13. The number of aryl methyl sites for hydroxylation is 1. The SMILES string of the molecule is COC(=O)c1c(NCCN2CCCc3ccccc32)c2cc(F)ccc2[nH]c1=O. The van der Waals surface area contributed by atoms with Crippen LogP contribution < -0.4 is 15.8 Å². The van der Waals surface area contributed by atoms with E-state index in [2.05, 4.69) is 27.3 Å². The van der Waals surface area contributed by atoms with Gasteiger partial charge in [0.15, 0.2) is 0 Å². The number of para-hydroxylation sites is 1. The highest BCUT2D eigenvalue weighted by molar-refractivity contribution is 6.04. The summed E-state index contributed by atoms with van der Waals surface area (Å²) in [4.78, 5) is 29.6. The second-order valence-corrected chi connectivity index (χ2v) is 7.03. The molecule has 2 aromatic carbocycles. The number of halogens is 1. The van der Waals surface area contributed by atoms with E-state index in [0.29, 0.717) is 29.7 Å². The smallest absolute Gasteiger partial charge is 0.345 e. The van der Waals surface area contributed by atoms with Gasteiger partial charge in [-0.1, -0.05) is 18.2 Å². The molecular formula is C22H22FN3O3. The number of carbonyl (C=O) groups excluding carboxylic acids is 1. The molecule has 6 nitrogen and oxygen atoms in total. The lowest BCUT2D eigenvalue weighted by Crippen LogP contribution is -2.34. The van der Waals surface area contributed by atoms with Crippen molar-refractivity contribution in [3.8, 4) is 0 Å². The first-order valence-corrected chi connectivity index (χ1v) is 9.59. The quantitative estimate of drug-likeness (QED) is 0.649. The number of nitrogens with zero attached hydrogens (tertiary/aromatic N) is 1. The zero-order valence-corrected chi connectivity index (χ0v) is 16.1. The van der Waals surface area contributed by atoms with Gasteiger partial charge < -0.3 is 19.9 Å². The van der Waals surface area contributed by atoms with Crippen LogP contribution in [0.1, 0.15) is 22.3 Å². The molecule has 2 N–H and O–H groups in total. The maximum Gasteiger partial charge on any atom is 0.345 e. The maximum absolute atomic E-state index is 13.9. The highest BCUT2D eigenvalue weighted by atomic mass is 19.1. The fourth-order valence-electron chi connectivity index (χ4n) is 3.91. The van der Waals surface area contributed by atoms with Gasteiger partial charge in [-0.05, 0) is 42.7 Å². The van der Waals surface area contributed by atoms with Crippen molar-refractivity contribution in [3.05, 3.63) is 69.8 Å². The average Bonchev–Trinajstić information content (AvgIpc) is 2.73. The standard InChI is InChI=1S/C22H22FN3O3/c1-29-22(28)19-20(16-13-15(23)8-9-17(16)25-21(19)27)24-10-12-26-11-4-6-14-5-2-3-7-18(14)26/h2-3,5,7-9,13H,4,6,10-12H2,1H3,(H2,24,25,27). The highest BCUT2D eigenvalue weighted by Gasteiger charge is 2.21. The molecule has 1 aliphatic heterocycles. The number of pyridine rings is 1. The predicted molar refractivity (Wildman–Crippen MR) is 111 cm³/mol. The number of fused-ring (bicyclic) bond motifs is 2. The van der Waals surface area contributed by atoms with Gasteiger partial charge in [0.2, 0.25) is 0 Å². The van der Waals surface area contributed by atoms with Crippen LogP contribution in [0.5, 0.6) is 0 Å². The highest BCUT2D eigenvalue weighted by Crippen LogP contribution is 2.28. The van der Waals surface area contributed by atoms with Crippen LogP contribution in [-0.4, -0.2) is 37.7 Å². The third-order valence-electron chi connectivity index (χ3n) is 5.26. The number of hydrogen-bond acceptors (Lipinski definition) is 5. The molecule has 3 aromatic rings. The van der Waals surface area contributed by atoms with Crippen LogP contribution in [0.3, 0.4) is 0 Å². The molecule has 7 heteroatoms. The van der Waals surface area contributed by atoms with Crippen molar-refractivity contribution in [2.24, 2.45) is 0 Å². The molecule has 0 unspecified atom stereocenters. The summed E-state index contributed by atoms with van der Waals surface area (Å²) in [6, 6.07) is 12.4. The fraction of sp³-hybridized carbons (Fsp3) is 0.273. The Hall–Kier alpha value is -3.35. The first-order chi connectivity index (χ1) is 14.1. The Morgan fingerprint density at radius 3 is 2.93 bits per heavy atom. The molecular weight excluding hydrogens is 373 g/mol. The van der Waals surface area contributed by atoms with E-state index in [1.165, 1.54) is 36.6 Å². The molecule has 0 bridgehead atoms. The van der Waals surface area contributed by atoms with Gasteiger partial charge in [-0.3, -0.25) is 4.79 Å². The van der Waals surface area contributed by atoms with E-state index in [0.717, 1.165) is 19.4 Å². The molecule has 0 spiro atoms. The summed E-state index contributed by atoms with van der Waals surface area (Å²) >= 11 is 0. The lowest BCUT2D eigenvalue weighted by molar-refractivity contribution is 0.0600. The van der Waals surface area contributed by atoms with Crippen LogP contribution in [0, 0.1) is 5.82 Å². The second-order valence-electron chi connectivity index (χ2n) is 7.03. The van der Waals surface area contributed by atoms with Crippen molar-refractivity contribution in [2.75, 3.05) is 37.0 Å². The number of benzene rings is 2. The molecule has 2 heterocycles. The molecule has 0 saturated heterocycles. The Balaban J connectivity index is 1.65. The zero-order valence-electron chi connectivity index (χ0n) is 16.1. The summed E-state index contributed by atoms with van der Waals surface area (Å²) in [6.45, 7) is 2.10. The number of esters is 1. The van der Waals surface area contributed by atoms with E-state index in [-0.39, 0.29) is 5.56 Å². The van der Waals surface area contributed by atoms with Gasteiger partial charge in [-0.2, -0.15) is 0 Å². The van der Waals surface area contributed by atoms with Gasteiger partial charge in [0.05, 0.1) is 18.3 Å². The fourth-order valence-corrected chi connectivity index (χ4v) is 3.91. The van der Waals surface area contributed by atoms with Crippen molar-refractivity contribution in [1.29, 1.82) is 0 Å². The van der Waals surface area contributed by atoms with Gasteiger partial charge in [0.25, 0.3) is 5.56 Å². The number of aromatic amines is 1. The Labute approximate surface area is 167 Å². The molecule has 4 rings (SSSR count). The lowest BCUT2D eigenvalue weighted by atomic mass is 10.0. The molecule has 1 aliphatic rings. The maximum atomic E-state index is 13.9. The first kappa shape index (κ1) is 19.0. The van der Waals surface area contributed by atoms with Crippen molar-refractivity contribution in [2.45, 2.75) is 12.8 Å². The number of methoxy groups -OCH3 is 1. The normalized spacial score (nSPS) is 13.2. The molecule has 0 fully saturated rings. The monoisotopic (exact) mass is 395 g/mol. The topological polar surface area (TPSA) is 74.4 Å². The molecule has 0 radical (unpaired) electrons. The van der Waals surface area contributed by atoms with Crippen LogP contribution in [0.4, 0.5) is 15.8 Å².